The van der Waals surface area contributed by atoms with E-state index < -0.39 is 0 Å². The molecule has 0 aliphatic heterocycles. The van der Waals surface area contributed by atoms with Crippen molar-refractivity contribution in [3.05, 3.63) is 200 Å². The number of pyridine rings is 1. The summed E-state index contributed by atoms with van der Waals surface area (Å²) < 4.78 is 9.53. The highest BCUT2D eigenvalue weighted by atomic mass is 15.1. The lowest BCUT2D eigenvalue weighted by atomic mass is 10.1. The van der Waals surface area contributed by atoms with Crippen LogP contribution in [0.15, 0.2) is 200 Å². The first-order valence-corrected chi connectivity index (χ1v) is 19.8. The Morgan fingerprint density at radius 3 is 1.21 bits per heavy atom. The zero-order chi connectivity index (χ0) is 37.9. The van der Waals surface area contributed by atoms with Crippen LogP contribution in [0.2, 0.25) is 0 Å². The number of nitrogens with zero attached hydrogens (tertiary/aromatic N) is 5. The maximum Gasteiger partial charge on any atom is 0.140 e. The molecule has 5 heteroatoms. The lowest BCUT2D eigenvalue weighted by molar-refractivity contribution is 1.02. The van der Waals surface area contributed by atoms with Crippen LogP contribution in [0.25, 0.3) is 110 Å². The Labute approximate surface area is 332 Å². The van der Waals surface area contributed by atoms with Crippen molar-refractivity contribution < 1.29 is 0 Å². The summed E-state index contributed by atoms with van der Waals surface area (Å²) in [5, 5.41) is 9.78. The molecule has 5 aromatic heterocycles. The predicted octanol–water partition coefficient (Wildman–Crippen LogP) is 13.5. The minimum Gasteiger partial charge on any atom is -0.309 e. The third-order valence-electron chi connectivity index (χ3n) is 12.1. The van der Waals surface area contributed by atoms with Gasteiger partial charge in [0.05, 0.1) is 44.1 Å². The Bertz CT molecular complexity index is 3790. The summed E-state index contributed by atoms with van der Waals surface area (Å²) in [7, 11) is 0. The third-order valence-corrected chi connectivity index (χ3v) is 12.1. The summed E-state index contributed by atoms with van der Waals surface area (Å²) in [4.78, 5) is 5.62. The van der Waals surface area contributed by atoms with Gasteiger partial charge in [0.1, 0.15) is 11.6 Å². The zero-order valence-corrected chi connectivity index (χ0v) is 31.3. The van der Waals surface area contributed by atoms with Crippen molar-refractivity contribution in [1.29, 1.82) is 0 Å². The monoisotopic (exact) mass is 739 g/mol. The maximum atomic E-state index is 5.62. The Kier molecular flexibility index (Phi) is 6.38. The Hall–Kier alpha value is -7.89. The first kappa shape index (κ1) is 31.3. The van der Waals surface area contributed by atoms with Crippen molar-refractivity contribution in [2.24, 2.45) is 0 Å². The van der Waals surface area contributed by atoms with Crippen molar-refractivity contribution in [2.45, 2.75) is 0 Å². The fourth-order valence-corrected chi connectivity index (χ4v) is 9.88. The molecule has 13 aromatic rings. The van der Waals surface area contributed by atoms with Gasteiger partial charge in [-0.25, -0.2) is 4.98 Å². The molecule has 0 atom stereocenters. The van der Waals surface area contributed by atoms with Crippen LogP contribution in [-0.2, 0) is 0 Å². The van der Waals surface area contributed by atoms with E-state index in [1.807, 2.05) is 0 Å². The van der Waals surface area contributed by atoms with Gasteiger partial charge in [0.15, 0.2) is 0 Å². The van der Waals surface area contributed by atoms with Gasteiger partial charge in [-0.15, -0.1) is 0 Å². The maximum absolute atomic E-state index is 5.62. The van der Waals surface area contributed by atoms with E-state index >= 15 is 0 Å². The number of fused-ring (bicyclic) bond motifs is 14. The second-order valence-electron chi connectivity index (χ2n) is 15.1. The molecule has 0 amide bonds. The van der Waals surface area contributed by atoms with E-state index in [1.165, 1.54) is 65.2 Å². The molecule has 13 rings (SSSR count). The molecule has 0 aliphatic carbocycles. The third kappa shape index (κ3) is 4.17. The second kappa shape index (κ2) is 11.8. The normalized spacial score (nSPS) is 12.1. The molecule has 8 aromatic carbocycles. The lowest BCUT2D eigenvalue weighted by Gasteiger charge is -2.12. The lowest BCUT2D eigenvalue weighted by Crippen LogP contribution is -2.03. The Morgan fingerprint density at radius 2 is 0.638 bits per heavy atom. The predicted molar refractivity (Wildman–Crippen MR) is 242 cm³/mol. The van der Waals surface area contributed by atoms with E-state index in [0.717, 1.165) is 45.1 Å². The van der Waals surface area contributed by atoms with E-state index in [0.29, 0.717) is 0 Å². The van der Waals surface area contributed by atoms with Crippen LogP contribution in [0.3, 0.4) is 0 Å². The van der Waals surface area contributed by atoms with Crippen molar-refractivity contribution in [3.8, 4) is 23.0 Å². The number of hydrogen-bond acceptors (Lipinski definition) is 1. The summed E-state index contributed by atoms with van der Waals surface area (Å²) >= 11 is 0. The van der Waals surface area contributed by atoms with Crippen molar-refractivity contribution in [1.82, 2.24) is 23.3 Å². The summed E-state index contributed by atoms with van der Waals surface area (Å²) in [5.41, 5.74) is 11.6. The smallest absolute Gasteiger partial charge is 0.140 e. The average molecular weight is 740 g/mol. The Morgan fingerprint density at radius 1 is 0.241 bits per heavy atom. The molecule has 0 bridgehead atoms. The van der Waals surface area contributed by atoms with Crippen LogP contribution >= 0.6 is 0 Å². The number of rotatable bonds is 4. The van der Waals surface area contributed by atoms with Gasteiger partial charge in [-0.3, -0.25) is 9.13 Å². The van der Waals surface area contributed by atoms with Crippen LogP contribution in [0.4, 0.5) is 0 Å². The highest BCUT2D eigenvalue weighted by Gasteiger charge is 2.23. The first-order chi connectivity index (χ1) is 28.8. The van der Waals surface area contributed by atoms with Gasteiger partial charge >= 0.3 is 0 Å². The number of para-hydroxylation sites is 6. The van der Waals surface area contributed by atoms with Gasteiger partial charge < -0.3 is 9.13 Å². The quantitative estimate of drug-likeness (QED) is 0.177. The number of benzene rings is 8. The second-order valence-corrected chi connectivity index (χ2v) is 15.1. The van der Waals surface area contributed by atoms with E-state index in [2.05, 4.69) is 218 Å². The molecule has 0 fully saturated rings. The summed E-state index contributed by atoms with van der Waals surface area (Å²) in [6.07, 6.45) is 0. The minimum absolute atomic E-state index is 0.875. The number of hydrogen-bond donors (Lipinski definition) is 0. The molecule has 0 unspecified atom stereocenters. The topological polar surface area (TPSA) is 32.6 Å². The van der Waals surface area contributed by atoms with Gasteiger partial charge in [-0.1, -0.05) is 121 Å². The first-order valence-electron chi connectivity index (χ1n) is 19.8. The highest BCUT2D eigenvalue weighted by Crippen LogP contribution is 2.44. The molecule has 270 valence electrons. The average Bonchev–Trinajstić information content (AvgIpc) is 4.02. The van der Waals surface area contributed by atoms with Gasteiger partial charge in [0, 0.05) is 54.5 Å². The SMILES string of the molecule is c1ccc(-n2c3ccccc3c3c4c5ccccc5n(-c5cccc(-n6c7ccccc7c7ccc8c(c9ccccc9n8-c8ccccc8)c76)n5)c4ccc32)cc1. The summed E-state index contributed by atoms with van der Waals surface area (Å²) in [6, 6.07) is 72.1. The molecular weight excluding hydrogens is 707 g/mol. The van der Waals surface area contributed by atoms with Gasteiger partial charge in [-0.2, -0.15) is 0 Å². The van der Waals surface area contributed by atoms with Crippen LogP contribution in [-0.4, -0.2) is 23.3 Å². The molecule has 0 aliphatic rings. The van der Waals surface area contributed by atoms with Crippen molar-refractivity contribution in [3.63, 3.8) is 0 Å². The van der Waals surface area contributed by atoms with Crippen LogP contribution < -0.4 is 0 Å². The van der Waals surface area contributed by atoms with Crippen molar-refractivity contribution >= 4 is 87.2 Å². The van der Waals surface area contributed by atoms with E-state index in [4.69, 9.17) is 4.98 Å². The number of aromatic nitrogens is 5. The van der Waals surface area contributed by atoms with E-state index in [1.54, 1.807) is 0 Å². The van der Waals surface area contributed by atoms with Crippen LogP contribution in [0.1, 0.15) is 0 Å². The fourth-order valence-electron chi connectivity index (χ4n) is 9.88. The summed E-state index contributed by atoms with van der Waals surface area (Å²) in [5.74, 6) is 1.75. The molecule has 5 heterocycles. The molecule has 0 radical (unpaired) electrons. The largest absolute Gasteiger partial charge is 0.309 e. The van der Waals surface area contributed by atoms with E-state index in [9.17, 15) is 0 Å². The standard InChI is InChI=1S/C53H33N5/c1-3-16-34(17-4-1)55-42-25-12-8-21-38(42)50-45(55)32-33-46-51(50)39-22-9-14-27-44(39)57(46)48-28-15-29-49(54-48)58-41-24-11-7-20-36(41)37-30-31-47-52(53(37)58)40-23-10-13-26-43(40)56(47)35-18-5-2-6-19-35/h1-33H. The zero-order valence-electron chi connectivity index (χ0n) is 31.3. The molecular formula is C53H33N5. The van der Waals surface area contributed by atoms with Gasteiger partial charge in [-0.05, 0) is 78.9 Å². The highest BCUT2D eigenvalue weighted by molar-refractivity contribution is 6.29. The van der Waals surface area contributed by atoms with Crippen LogP contribution in [0.5, 0.6) is 0 Å². The molecule has 58 heavy (non-hydrogen) atoms. The summed E-state index contributed by atoms with van der Waals surface area (Å²) in [6.45, 7) is 0. The minimum atomic E-state index is 0.875. The molecule has 0 N–H and O–H groups in total. The Balaban J connectivity index is 1.12. The van der Waals surface area contributed by atoms with E-state index in [-0.39, 0.29) is 0 Å². The fraction of sp³-hybridized carbons (Fsp3) is 0. The van der Waals surface area contributed by atoms with Crippen molar-refractivity contribution in [2.75, 3.05) is 0 Å². The molecule has 0 saturated heterocycles. The molecule has 0 spiro atoms. The molecule has 0 saturated carbocycles. The van der Waals surface area contributed by atoms with Gasteiger partial charge in [0.2, 0.25) is 0 Å². The molecule has 5 nitrogen and oxygen atoms in total. The van der Waals surface area contributed by atoms with Crippen LogP contribution in [0, 0.1) is 0 Å². The van der Waals surface area contributed by atoms with Gasteiger partial charge in [0.25, 0.3) is 0 Å².